The van der Waals surface area contributed by atoms with E-state index in [1.165, 1.54) is 28.1 Å². The van der Waals surface area contributed by atoms with Gasteiger partial charge < -0.3 is 29.8 Å². The van der Waals surface area contributed by atoms with Gasteiger partial charge in [-0.3, -0.25) is 32.0 Å². The van der Waals surface area contributed by atoms with Gasteiger partial charge in [-0.25, -0.2) is 34.0 Å². The van der Waals surface area contributed by atoms with Gasteiger partial charge in [0.1, 0.15) is 47.2 Å². The van der Waals surface area contributed by atoms with Crippen LogP contribution >= 0.6 is 26.9 Å². The second kappa shape index (κ2) is 9.64. The van der Waals surface area contributed by atoms with E-state index < -0.39 is 74.7 Å². The van der Waals surface area contributed by atoms with Crippen LogP contribution in [0.1, 0.15) is 24.7 Å². The summed E-state index contributed by atoms with van der Waals surface area (Å²) in [4.78, 5) is 47.1. The molecule has 4 aromatic heterocycles. The van der Waals surface area contributed by atoms with Crippen LogP contribution in [0.15, 0.2) is 23.8 Å². The Morgan fingerprint density at radius 3 is 2.52 bits per heavy atom. The molecule has 4 aromatic rings. The maximum atomic E-state index is 13.9. The lowest BCUT2D eigenvalue weighted by atomic mass is 10.0. The number of nitrogens with zero attached hydrogens (tertiary/aromatic N) is 7. The van der Waals surface area contributed by atoms with Crippen LogP contribution < -0.4 is 11.3 Å². The summed E-state index contributed by atoms with van der Waals surface area (Å²) in [5.74, 6) is 0.0239. The van der Waals surface area contributed by atoms with E-state index >= 15 is 0 Å². The number of thiol groups is 1. The van der Waals surface area contributed by atoms with Gasteiger partial charge in [0.25, 0.3) is 5.56 Å². The van der Waals surface area contributed by atoms with Gasteiger partial charge >= 0.3 is 14.6 Å². The van der Waals surface area contributed by atoms with Crippen molar-refractivity contribution in [1.82, 2.24) is 39.0 Å². The van der Waals surface area contributed by atoms with Gasteiger partial charge in [0.05, 0.1) is 32.5 Å². The lowest BCUT2D eigenvalue weighted by Crippen LogP contribution is -2.45. The molecule has 244 valence electrons. The number of nitrogens with one attached hydrogen (secondary N) is 1. The van der Waals surface area contributed by atoms with Crippen LogP contribution in [0.25, 0.3) is 22.3 Å². The number of H-pyrrole nitrogens is 1. The maximum absolute atomic E-state index is 13.9. The Bertz CT molecular complexity index is 2090. The molecule has 46 heavy (non-hydrogen) atoms. The number of rotatable bonds is 2. The third-order valence-corrected chi connectivity index (χ3v) is 11.6. The molecule has 0 amide bonds. The Morgan fingerprint density at radius 1 is 0.978 bits per heavy atom. The minimum absolute atomic E-state index is 0.0560. The van der Waals surface area contributed by atoms with Crippen LogP contribution in [0, 0.1) is 12.8 Å². The van der Waals surface area contributed by atoms with Crippen LogP contribution in [0.3, 0.4) is 0 Å². The predicted octanol–water partition coefficient (Wildman–Crippen LogP) is 0.760. The molecule has 4 aliphatic heterocycles. The number of fused-ring (bicyclic) bond motifs is 2. The number of hydrogen-bond acceptors (Lipinski definition) is 16. The molecule has 5 aliphatic rings. The van der Waals surface area contributed by atoms with Crippen molar-refractivity contribution in [3.8, 4) is 0 Å². The summed E-state index contributed by atoms with van der Waals surface area (Å²) in [6.07, 6.45) is -0.795. The molecule has 5 fully saturated rings. The predicted molar refractivity (Wildman–Crippen MR) is 154 cm³/mol. The Kier molecular flexibility index (Phi) is 6.15. The highest BCUT2D eigenvalue weighted by Crippen LogP contribution is 2.68. The van der Waals surface area contributed by atoms with E-state index in [-0.39, 0.29) is 30.2 Å². The van der Waals surface area contributed by atoms with E-state index in [0.29, 0.717) is 23.4 Å². The van der Waals surface area contributed by atoms with Crippen molar-refractivity contribution < 1.29 is 46.3 Å². The van der Waals surface area contributed by atoms with E-state index in [1.54, 1.807) is 6.92 Å². The number of anilines is 1. The number of nitrogens with two attached hydrogens (primary N) is 1. The summed E-state index contributed by atoms with van der Waals surface area (Å²) >= 11 is 4.28. The Hall–Kier alpha value is -2.81. The zero-order chi connectivity index (χ0) is 31.8. The zero-order valence-electron chi connectivity index (χ0n) is 23.6. The number of phosphoric ester groups is 1. The van der Waals surface area contributed by atoms with E-state index in [2.05, 4.69) is 42.2 Å². The molecule has 8 heterocycles. The lowest BCUT2D eigenvalue weighted by Gasteiger charge is -2.33. The Labute approximate surface area is 262 Å². The zero-order valence-corrected chi connectivity index (χ0v) is 26.3. The van der Waals surface area contributed by atoms with Crippen molar-refractivity contribution in [3.05, 3.63) is 35.2 Å². The van der Waals surface area contributed by atoms with Gasteiger partial charge in [0, 0.05) is 5.92 Å². The van der Waals surface area contributed by atoms with Crippen molar-refractivity contribution >= 4 is 55.0 Å². The fraction of sp³-hybridized carbons (Fsp3) is 0.565. The molecule has 0 spiro atoms. The first-order valence-corrected chi connectivity index (χ1v) is 18.2. The second-order valence-electron chi connectivity index (χ2n) is 11.9. The first kappa shape index (κ1) is 29.3. The number of aromatic nitrogens is 8. The topological polar surface area (TPSA) is 252 Å². The second-order valence-corrected chi connectivity index (χ2v) is 16.2. The number of imidazole rings is 2. The summed E-state index contributed by atoms with van der Waals surface area (Å²) in [6.45, 7) is -3.60. The molecular weight excluding hydrogens is 672 g/mol. The van der Waals surface area contributed by atoms with Crippen molar-refractivity contribution in [2.75, 3.05) is 25.6 Å². The molecule has 20 nitrogen and oxygen atoms in total. The highest BCUT2D eigenvalue weighted by atomic mass is 32.7. The third-order valence-electron chi connectivity index (χ3n) is 9.02. The average Bonchev–Trinajstić information content (AvgIpc) is 3.48. The van der Waals surface area contributed by atoms with Crippen molar-refractivity contribution in [2.45, 2.75) is 55.3 Å². The molecule has 2 unspecified atom stereocenters. The fourth-order valence-corrected chi connectivity index (χ4v) is 9.35. The number of hydrogen-bond donors (Lipinski definition) is 4. The van der Waals surface area contributed by atoms with Crippen LogP contribution in [-0.4, -0.2) is 93.3 Å². The van der Waals surface area contributed by atoms with Gasteiger partial charge in [-0.15, -0.1) is 0 Å². The molecule has 4 bridgehead atoms. The van der Waals surface area contributed by atoms with Crippen LogP contribution in [-0.2, 0) is 41.4 Å². The number of phosphoric acid groups is 1. The van der Waals surface area contributed by atoms with Crippen molar-refractivity contribution in [1.29, 1.82) is 0 Å². The maximum Gasteiger partial charge on any atom is 0.472 e. The SMILES string of the molecule is Cc1nc2c(ncn2[C@@H]2OC34COP(=O)(O)O[C@H]5[C@H]6OC[C@]5(CO[P@@](=O)(S)O[C@@H]2[C@@H]3C4)O[C@H]6n2cnc3c(N)ncnc32)c(=O)[nH]1. The molecular formula is C23H25N9O11P2S. The van der Waals surface area contributed by atoms with E-state index in [0.717, 1.165) is 0 Å². The number of nitrogen functional groups attached to an aromatic ring is 1. The smallest absolute Gasteiger partial charge is 0.382 e. The number of aromatic amines is 1. The van der Waals surface area contributed by atoms with Gasteiger partial charge in [-0.05, 0) is 13.3 Å². The summed E-state index contributed by atoms with van der Waals surface area (Å²) < 4.78 is 72.1. The average molecular weight is 698 g/mol. The molecule has 23 heteroatoms. The minimum Gasteiger partial charge on any atom is -0.382 e. The van der Waals surface area contributed by atoms with Gasteiger partial charge in [0.2, 0.25) is 0 Å². The van der Waals surface area contributed by atoms with Crippen LogP contribution in [0.2, 0.25) is 0 Å². The van der Waals surface area contributed by atoms with Crippen molar-refractivity contribution in [2.24, 2.45) is 5.92 Å². The number of ether oxygens (including phenoxy) is 3. The van der Waals surface area contributed by atoms with Crippen LogP contribution in [0.5, 0.6) is 0 Å². The molecule has 0 radical (unpaired) electrons. The summed E-state index contributed by atoms with van der Waals surface area (Å²) in [7, 11) is -4.81. The molecule has 0 aromatic carbocycles. The van der Waals surface area contributed by atoms with E-state index in [9.17, 15) is 18.8 Å². The quantitative estimate of drug-likeness (QED) is 0.167. The fourth-order valence-electron chi connectivity index (χ4n) is 6.80. The van der Waals surface area contributed by atoms with Gasteiger partial charge in [-0.1, -0.05) is 12.2 Å². The van der Waals surface area contributed by atoms with Crippen molar-refractivity contribution in [3.63, 3.8) is 0 Å². The normalized spacial score (nSPS) is 42.0. The Balaban J connectivity index is 1.07. The highest BCUT2D eigenvalue weighted by Gasteiger charge is 2.71. The van der Waals surface area contributed by atoms with Gasteiger partial charge in [0.15, 0.2) is 35.1 Å². The minimum atomic E-state index is -4.81. The van der Waals surface area contributed by atoms with E-state index in [4.69, 9.17) is 38.0 Å². The lowest BCUT2D eigenvalue weighted by molar-refractivity contribution is -0.183. The first-order chi connectivity index (χ1) is 21.9. The largest absolute Gasteiger partial charge is 0.472 e. The first-order valence-electron chi connectivity index (χ1n) is 14.0. The monoisotopic (exact) mass is 697 g/mol. The van der Waals surface area contributed by atoms with Gasteiger partial charge in [-0.2, -0.15) is 0 Å². The van der Waals surface area contributed by atoms with E-state index in [1.807, 2.05) is 0 Å². The molecule has 4 N–H and O–H groups in total. The summed E-state index contributed by atoms with van der Waals surface area (Å²) in [6, 6.07) is 0. The third kappa shape index (κ3) is 4.31. The molecule has 10 atom stereocenters. The summed E-state index contributed by atoms with van der Waals surface area (Å²) in [5, 5.41) is 0. The Morgan fingerprint density at radius 2 is 1.70 bits per heavy atom. The highest BCUT2D eigenvalue weighted by molar-refractivity contribution is 8.44. The molecule has 9 rings (SSSR count). The summed E-state index contributed by atoms with van der Waals surface area (Å²) in [5.41, 5.74) is 3.71. The molecule has 1 saturated carbocycles. The number of aryl methyl sites for hydroxylation is 1. The molecule has 1 aliphatic carbocycles. The van der Waals surface area contributed by atoms with Crippen LogP contribution in [0.4, 0.5) is 5.82 Å². The standard InChI is InChI=1S/C23H25N9O11P2S/c1-9-29-18-12(19(33)30-9)28-8-32(18)20-13-10-2-22(10,40-20)4-38-44(34,35)43-15-14-21(31-7-27-11-16(24)25-6-26-17(11)31)41-23(15,3-37-14)5-39-45(36,46)42-13/h6-8,10,13-15,20-21H,2-5H2,1H3,(H,34,35)(H,36,46)(H2,24,25,26)(H,29,30,33)/t10-,13+,14+,15-,20+,21+,22?,23+,45+/m0/s1. The molecule has 4 saturated heterocycles.